The zero-order valence-electron chi connectivity index (χ0n) is 13.9. The first-order valence-electron chi connectivity index (χ1n) is 8.03. The first kappa shape index (κ1) is 17.2. The number of aromatic carboxylic acids is 1. The highest BCUT2D eigenvalue weighted by molar-refractivity contribution is 5.93. The van der Waals surface area contributed by atoms with Gasteiger partial charge >= 0.3 is 5.97 Å². The molecule has 0 aliphatic rings. The van der Waals surface area contributed by atoms with Gasteiger partial charge in [-0.25, -0.2) is 4.79 Å². The Morgan fingerprint density at radius 3 is 2.04 bits per heavy atom. The Balaban J connectivity index is 1.53. The SMILES string of the molecule is O=C(COc1ccc(-c2ccccc2)cc1)Nc1ccc(C(=O)O)cc1. The van der Waals surface area contributed by atoms with Crippen molar-refractivity contribution in [3.63, 3.8) is 0 Å². The maximum absolute atomic E-state index is 11.9. The fourth-order valence-electron chi connectivity index (χ4n) is 2.42. The van der Waals surface area contributed by atoms with Crippen LogP contribution >= 0.6 is 0 Å². The molecule has 0 atom stereocenters. The lowest BCUT2D eigenvalue weighted by Crippen LogP contribution is -2.20. The maximum Gasteiger partial charge on any atom is 0.335 e. The number of ether oxygens (including phenoxy) is 1. The molecule has 5 heteroatoms. The molecule has 26 heavy (non-hydrogen) atoms. The van der Waals surface area contributed by atoms with Crippen molar-refractivity contribution in [2.75, 3.05) is 11.9 Å². The largest absolute Gasteiger partial charge is 0.484 e. The monoisotopic (exact) mass is 347 g/mol. The Morgan fingerprint density at radius 1 is 0.808 bits per heavy atom. The van der Waals surface area contributed by atoms with E-state index in [0.717, 1.165) is 11.1 Å². The van der Waals surface area contributed by atoms with Gasteiger partial charge in [-0.05, 0) is 47.5 Å². The second-order valence-electron chi connectivity index (χ2n) is 5.61. The number of carbonyl (C=O) groups excluding carboxylic acids is 1. The third-order valence-electron chi connectivity index (χ3n) is 3.75. The Hall–Kier alpha value is -3.60. The summed E-state index contributed by atoms with van der Waals surface area (Å²) < 4.78 is 5.49. The average Bonchev–Trinajstić information content (AvgIpc) is 2.68. The van der Waals surface area contributed by atoms with Crippen LogP contribution in [0.25, 0.3) is 11.1 Å². The van der Waals surface area contributed by atoms with Gasteiger partial charge < -0.3 is 15.2 Å². The smallest absolute Gasteiger partial charge is 0.335 e. The van der Waals surface area contributed by atoms with Crippen molar-refractivity contribution in [2.45, 2.75) is 0 Å². The van der Waals surface area contributed by atoms with Crippen molar-refractivity contribution in [3.05, 3.63) is 84.4 Å². The molecule has 0 saturated carbocycles. The van der Waals surface area contributed by atoms with Gasteiger partial charge in [0.2, 0.25) is 0 Å². The van der Waals surface area contributed by atoms with E-state index in [0.29, 0.717) is 11.4 Å². The van der Waals surface area contributed by atoms with E-state index >= 15 is 0 Å². The molecular formula is C21H17NO4. The molecule has 1 amide bonds. The van der Waals surface area contributed by atoms with Crippen LogP contribution in [0.3, 0.4) is 0 Å². The number of nitrogens with one attached hydrogen (secondary N) is 1. The van der Waals surface area contributed by atoms with Gasteiger partial charge in [-0.3, -0.25) is 4.79 Å². The molecule has 0 radical (unpaired) electrons. The van der Waals surface area contributed by atoms with E-state index in [1.807, 2.05) is 54.6 Å². The molecule has 0 aliphatic heterocycles. The normalized spacial score (nSPS) is 10.2. The van der Waals surface area contributed by atoms with Crippen molar-refractivity contribution >= 4 is 17.6 Å². The standard InChI is InChI=1S/C21H17NO4/c23-20(22-18-10-6-17(7-11-18)21(24)25)14-26-19-12-8-16(9-13-19)15-4-2-1-3-5-15/h1-13H,14H2,(H,22,23)(H,24,25). The molecule has 0 heterocycles. The van der Waals surface area contributed by atoms with Gasteiger partial charge in [-0.1, -0.05) is 42.5 Å². The third-order valence-corrected chi connectivity index (χ3v) is 3.75. The highest BCUT2D eigenvalue weighted by Crippen LogP contribution is 2.22. The van der Waals surface area contributed by atoms with Gasteiger partial charge in [0.25, 0.3) is 5.91 Å². The van der Waals surface area contributed by atoms with E-state index in [-0.39, 0.29) is 18.1 Å². The second kappa shape index (κ2) is 7.98. The molecular weight excluding hydrogens is 330 g/mol. The molecule has 0 unspecified atom stereocenters. The molecule has 0 aromatic heterocycles. The average molecular weight is 347 g/mol. The summed E-state index contributed by atoms with van der Waals surface area (Å²) >= 11 is 0. The van der Waals surface area contributed by atoms with Crippen molar-refractivity contribution in [2.24, 2.45) is 0 Å². The number of rotatable bonds is 6. The van der Waals surface area contributed by atoms with Gasteiger partial charge in [-0.2, -0.15) is 0 Å². The first-order valence-corrected chi connectivity index (χ1v) is 8.03. The predicted octanol–water partition coefficient (Wildman–Crippen LogP) is 4.07. The van der Waals surface area contributed by atoms with Crippen molar-refractivity contribution in [3.8, 4) is 16.9 Å². The van der Waals surface area contributed by atoms with Gasteiger partial charge in [0.15, 0.2) is 6.61 Å². The predicted molar refractivity (Wildman–Crippen MR) is 99.4 cm³/mol. The zero-order valence-corrected chi connectivity index (χ0v) is 13.9. The number of carboxylic acids is 1. The van der Waals surface area contributed by atoms with E-state index in [4.69, 9.17) is 9.84 Å². The fraction of sp³-hybridized carbons (Fsp3) is 0.0476. The molecule has 0 fully saturated rings. The highest BCUT2D eigenvalue weighted by Gasteiger charge is 2.06. The Morgan fingerprint density at radius 2 is 1.42 bits per heavy atom. The van der Waals surface area contributed by atoms with Crippen molar-refractivity contribution in [1.29, 1.82) is 0 Å². The summed E-state index contributed by atoms with van der Waals surface area (Å²) in [6.45, 7) is -0.134. The van der Waals surface area contributed by atoms with Crippen LogP contribution in [-0.2, 0) is 4.79 Å². The quantitative estimate of drug-likeness (QED) is 0.705. The highest BCUT2D eigenvalue weighted by atomic mass is 16.5. The van der Waals surface area contributed by atoms with Crippen LogP contribution in [0.15, 0.2) is 78.9 Å². The topological polar surface area (TPSA) is 75.6 Å². The van der Waals surface area contributed by atoms with Crippen LogP contribution in [0.4, 0.5) is 5.69 Å². The van der Waals surface area contributed by atoms with E-state index in [1.54, 1.807) is 0 Å². The number of hydrogen-bond acceptors (Lipinski definition) is 3. The summed E-state index contributed by atoms with van der Waals surface area (Å²) in [4.78, 5) is 22.7. The van der Waals surface area contributed by atoms with Gasteiger partial charge in [0.05, 0.1) is 5.56 Å². The zero-order chi connectivity index (χ0) is 18.4. The van der Waals surface area contributed by atoms with Crippen LogP contribution in [0, 0.1) is 0 Å². The minimum Gasteiger partial charge on any atom is -0.484 e. The summed E-state index contributed by atoms with van der Waals surface area (Å²) in [7, 11) is 0. The first-order chi connectivity index (χ1) is 12.6. The minimum absolute atomic E-state index is 0.134. The summed E-state index contributed by atoms with van der Waals surface area (Å²) in [5, 5.41) is 11.5. The van der Waals surface area contributed by atoms with Crippen LogP contribution in [0.2, 0.25) is 0 Å². The van der Waals surface area contributed by atoms with E-state index in [9.17, 15) is 9.59 Å². The Kier molecular flexibility index (Phi) is 5.29. The summed E-state index contributed by atoms with van der Waals surface area (Å²) in [6, 6.07) is 23.4. The van der Waals surface area contributed by atoms with E-state index in [2.05, 4.69) is 5.32 Å². The summed E-state index contributed by atoms with van der Waals surface area (Å²) in [5.41, 5.74) is 2.86. The molecule has 3 aromatic carbocycles. The Labute approximate surface area is 150 Å². The molecule has 0 spiro atoms. The van der Waals surface area contributed by atoms with E-state index in [1.165, 1.54) is 24.3 Å². The molecule has 3 aromatic rings. The molecule has 0 saturated heterocycles. The van der Waals surface area contributed by atoms with Crippen molar-refractivity contribution < 1.29 is 19.4 Å². The molecule has 2 N–H and O–H groups in total. The van der Waals surface area contributed by atoms with Crippen molar-refractivity contribution in [1.82, 2.24) is 0 Å². The fourth-order valence-corrected chi connectivity index (χ4v) is 2.42. The lowest BCUT2D eigenvalue weighted by atomic mass is 10.1. The maximum atomic E-state index is 11.9. The number of hydrogen-bond donors (Lipinski definition) is 2. The van der Waals surface area contributed by atoms with Gasteiger partial charge in [-0.15, -0.1) is 0 Å². The summed E-state index contributed by atoms with van der Waals surface area (Å²) in [5.74, 6) is -0.730. The van der Waals surface area contributed by atoms with E-state index < -0.39 is 5.97 Å². The van der Waals surface area contributed by atoms with Crippen LogP contribution in [0.5, 0.6) is 5.75 Å². The number of anilines is 1. The lowest BCUT2D eigenvalue weighted by Gasteiger charge is -2.08. The Bertz CT molecular complexity index is 888. The molecule has 0 bridgehead atoms. The summed E-state index contributed by atoms with van der Waals surface area (Å²) in [6.07, 6.45) is 0. The van der Waals surface area contributed by atoms with Gasteiger partial charge in [0, 0.05) is 5.69 Å². The molecule has 5 nitrogen and oxygen atoms in total. The lowest BCUT2D eigenvalue weighted by molar-refractivity contribution is -0.118. The molecule has 3 rings (SSSR count). The third kappa shape index (κ3) is 4.48. The number of benzene rings is 3. The van der Waals surface area contributed by atoms with Crippen LogP contribution in [-0.4, -0.2) is 23.6 Å². The number of carboxylic acid groups (broad SMARTS) is 1. The molecule has 130 valence electrons. The van der Waals surface area contributed by atoms with Crippen LogP contribution < -0.4 is 10.1 Å². The minimum atomic E-state index is -1.01. The van der Waals surface area contributed by atoms with Crippen LogP contribution in [0.1, 0.15) is 10.4 Å². The number of amides is 1. The molecule has 0 aliphatic carbocycles. The second-order valence-corrected chi connectivity index (χ2v) is 5.61. The number of carbonyl (C=O) groups is 2. The van der Waals surface area contributed by atoms with Gasteiger partial charge in [0.1, 0.15) is 5.75 Å².